The molecular formula is C17H19NO2. The second-order valence-corrected chi connectivity index (χ2v) is 5.20. The average molecular weight is 269 g/mol. The van der Waals surface area contributed by atoms with Gasteiger partial charge in [-0.25, -0.2) is 0 Å². The SMILES string of the molecule is Cc1cccc(CC(Cc2cccc(C)n2)C(=O)O)c1. The van der Waals surface area contributed by atoms with E-state index in [1.165, 1.54) is 0 Å². The molecule has 0 spiro atoms. The Kier molecular flexibility index (Phi) is 4.51. The van der Waals surface area contributed by atoms with E-state index in [0.717, 1.165) is 22.5 Å². The highest BCUT2D eigenvalue weighted by Gasteiger charge is 2.19. The molecule has 0 saturated heterocycles. The zero-order chi connectivity index (χ0) is 14.5. The summed E-state index contributed by atoms with van der Waals surface area (Å²) in [6.07, 6.45) is 0.998. The van der Waals surface area contributed by atoms with Crippen LogP contribution in [0.2, 0.25) is 0 Å². The third-order valence-corrected chi connectivity index (χ3v) is 3.32. The molecule has 1 heterocycles. The summed E-state index contributed by atoms with van der Waals surface area (Å²) in [5.41, 5.74) is 3.97. The van der Waals surface area contributed by atoms with Gasteiger partial charge < -0.3 is 5.11 Å². The molecule has 1 atom stereocenters. The van der Waals surface area contributed by atoms with Gasteiger partial charge in [-0.2, -0.15) is 0 Å². The molecule has 2 aromatic rings. The highest BCUT2D eigenvalue weighted by atomic mass is 16.4. The Morgan fingerprint density at radius 2 is 1.90 bits per heavy atom. The molecule has 0 fully saturated rings. The van der Waals surface area contributed by atoms with E-state index < -0.39 is 11.9 Å². The summed E-state index contributed by atoms with van der Waals surface area (Å²) in [4.78, 5) is 15.8. The molecule has 0 aliphatic carbocycles. The van der Waals surface area contributed by atoms with E-state index in [2.05, 4.69) is 4.98 Å². The van der Waals surface area contributed by atoms with Crippen molar-refractivity contribution >= 4 is 5.97 Å². The van der Waals surface area contributed by atoms with Crippen LogP contribution in [-0.2, 0) is 17.6 Å². The molecule has 0 bridgehead atoms. The molecule has 1 N–H and O–H groups in total. The molecule has 0 amide bonds. The van der Waals surface area contributed by atoms with Crippen LogP contribution >= 0.6 is 0 Å². The largest absolute Gasteiger partial charge is 0.481 e. The minimum absolute atomic E-state index is 0.439. The Bertz CT molecular complexity index is 560. The first-order valence-electron chi connectivity index (χ1n) is 6.75. The molecule has 0 radical (unpaired) electrons. The van der Waals surface area contributed by atoms with E-state index in [9.17, 15) is 9.90 Å². The summed E-state index contributed by atoms with van der Waals surface area (Å²) in [6.45, 7) is 3.93. The number of aliphatic carboxylic acids is 1. The predicted octanol–water partition coefficient (Wildman–Crippen LogP) is 3.18. The van der Waals surface area contributed by atoms with Gasteiger partial charge >= 0.3 is 5.97 Å². The van der Waals surface area contributed by atoms with Gasteiger partial charge in [-0.3, -0.25) is 9.78 Å². The van der Waals surface area contributed by atoms with Crippen LogP contribution in [-0.4, -0.2) is 16.1 Å². The van der Waals surface area contributed by atoms with E-state index >= 15 is 0 Å². The van der Waals surface area contributed by atoms with E-state index in [0.29, 0.717) is 12.8 Å². The van der Waals surface area contributed by atoms with Gasteiger partial charge in [0.25, 0.3) is 0 Å². The van der Waals surface area contributed by atoms with Crippen molar-refractivity contribution in [2.45, 2.75) is 26.7 Å². The normalized spacial score (nSPS) is 12.1. The van der Waals surface area contributed by atoms with Crippen molar-refractivity contribution < 1.29 is 9.90 Å². The minimum atomic E-state index is -0.769. The van der Waals surface area contributed by atoms with Crippen LogP contribution < -0.4 is 0 Å². The Morgan fingerprint density at radius 3 is 2.55 bits per heavy atom. The van der Waals surface area contributed by atoms with Crippen molar-refractivity contribution in [1.29, 1.82) is 0 Å². The summed E-state index contributed by atoms with van der Waals surface area (Å²) in [7, 11) is 0. The van der Waals surface area contributed by atoms with Crippen molar-refractivity contribution in [3.63, 3.8) is 0 Å². The first-order chi connectivity index (χ1) is 9.54. The second-order valence-electron chi connectivity index (χ2n) is 5.20. The molecule has 1 aromatic heterocycles. The molecule has 0 aliphatic rings. The number of benzene rings is 1. The summed E-state index contributed by atoms with van der Waals surface area (Å²) < 4.78 is 0. The van der Waals surface area contributed by atoms with Crippen molar-refractivity contribution in [3.05, 3.63) is 65.0 Å². The number of aromatic nitrogens is 1. The number of nitrogens with zero attached hydrogens (tertiary/aromatic N) is 1. The van der Waals surface area contributed by atoms with Gasteiger partial charge in [0, 0.05) is 17.8 Å². The summed E-state index contributed by atoms with van der Waals surface area (Å²) in [5, 5.41) is 9.41. The highest BCUT2D eigenvalue weighted by Crippen LogP contribution is 2.15. The zero-order valence-electron chi connectivity index (χ0n) is 11.8. The van der Waals surface area contributed by atoms with E-state index in [1.807, 2.05) is 56.3 Å². The standard InChI is InChI=1S/C17H19NO2/c1-12-5-3-7-14(9-12)10-15(17(19)20)11-16-8-4-6-13(2)18-16/h3-9,15H,10-11H2,1-2H3,(H,19,20). The van der Waals surface area contributed by atoms with Crippen LogP contribution in [0, 0.1) is 19.8 Å². The number of hydrogen-bond donors (Lipinski definition) is 1. The molecule has 20 heavy (non-hydrogen) atoms. The van der Waals surface area contributed by atoms with E-state index in [-0.39, 0.29) is 0 Å². The number of carboxylic acid groups (broad SMARTS) is 1. The fourth-order valence-electron chi connectivity index (χ4n) is 2.34. The van der Waals surface area contributed by atoms with Crippen molar-refractivity contribution in [3.8, 4) is 0 Å². The lowest BCUT2D eigenvalue weighted by Gasteiger charge is -2.12. The Labute approximate surface area is 119 Å². The number of aryl methyl sites for hydroxylation is 2. The Hall–Kier alpha value is -2.16. The first kappa shape index (κ1) is 14.3. The van der Waals surface area contributed by atoms with Gasteiger partial charge in [-0.05, 0) is 38.0 Å². The lowest BCUT2D eigenvalue weighted by atomic mass is 9.94. The third kappa shape index (κ3) is 3.92. The average Bonchev–Trinajstić information content (AvgIpc) is 2.38. The van der Waals surface area contributed by atoms with E-state index in [4.69, 9.17) is 0 Å². The minimum Gasteiger partial charge on any atom is -0.481 e. The molecule has 1 aromatic carbocycles. The molecule has 0 aliphatic heterocycles. The zero-order valence-corrected chi connectivity index (χ0v) is 11.8. The van der Waals surface area contributed by atoms with Gasteiger partial charge in [0.15, 0.2) is 0 Å². The highest BCUT2D eigenvalue weighted by molar-refractivity contribution is 5.70. The van der Waals surface area contributed by atoms with Crippen LogP contribution in [0.25, 0.3) is 0 Å². The van der Waals surface area contributed by atoms with Crippen LogP contribution in [0.1, 0.15) is 22.5 Å². The molecule has 3 heteroatoms. The van der Waals surface area contributed by atoms with Crippen LogP contribution in [0.3, 0.4) is 0 Å². The number of carbonyl (C=O) groups is 1. The van der Waals surface area contributed by atoms with Gasteiger partial charge in [0.05, 0.1) is 5.92 Å². The topological polar surface area (TPSA) is 50.2 Å². The van der Waals surface area contributed by atoms with Gasteiger partial charge in [0.2, 0.25) is 0 Å². The van der Waals surface area contributed by atoms with Gasteiger partial charge in [0.1, 0.15) is 0 Å². The van der Waals surface area contributed by atoms with Crippen LogP contribution in [0.15, 0.2) is 42.5 Å². The first-order valence-corrected chi connectivity index (χ1v) is 6.75. The molecule has 0 saturated carbocycles. The maximum atomic E-state index is 11.5. The van der Waals surface area contributed by atoms with Crippen molar-refractivity contribution in [1.82, 2.24) is 4.98 Å². The Morgan fingerprint density at radius 1 is 1.15 bits per heavy atom. The van der Waals surface area contributed by atoms with Crippen LogP contribution in [0.4, 0.5) is 0 Å². The summed E-state index contributed by atoms with van der Waals surface area (Å²) in [5.74, 6) is -1.21. The smallest absolute Gasteiger partial charge is 0.307 e. The molecule has 2 rings (SSSR count). The molecule has 3 nitrogen and oxygen atoms in total. The van der Waals surface area contributed by atoms with Gasteiger partial charge in [-0.15, -0.1) is 0 Å². The fourth-order valence-corrected chi connectivity index (χ4v) is 2.34. The quantitative estimate of drug-likeness (QED) is 0.907. The lowest BCUT2D eigenvalue weighted by Crippen LogP contribution is -2.19. The maximum Gasteiger partial charge on any atom is 0.307 e. The Balaban J connectivity index is 2.13. The molecule has 104 valence electrons. The van der Waals surface area contributed by atoms with Crippen molar-refractivity contribution in [2.24, 2.45) is 5.92 Å². The van der Waals surface area contributed by atoms with Crippen molar-refractivity contribution in [2.75, 3.05) is 0 Å². The third-order valence-electron chi connectivity index (χ3n) is 3.32. The monoisotopic (exact) mass is 269 g/mol. The van der Waals surface area contributed by atoms with Crippen LogP contribution in [0.5, 0.6) is 0 Å². The maximum absolute atomic E-state index is 11.5. The lowest BCUT2D eigenvalue weighted by molar-refractivity contribution is -0.141. The predicted molar refractivity (Wildman–Crippen MR) is 78.7 cm³/mol. The number of rotatable bonds is 5. The van der Waals surface area contributed by atoms with Gasteiger partial charge in [-0.1, -0.05) is 35.9 Å². The second kappa shape index (κ2) is 6.33. The summed E-state index contributed by atoms with van der Waals surface area (Å²) >= 11 is 0. The number of hydrogen-bond acceptors (Lipinski definition) is 2. The number of pyridine rings is 1. The molecular weight excluding hydrogens is 250 g/mol. The fraction of sp³-hybridized carbons (Fsp3) is 0.294. The molecule has 1 unspecified atom stereocenters. The number of carboxylic acids is 1. The summed E-state index contributed by atoms with van der Waals surface area (Å²) in [6, 6.07) is 13.7. The van der Waals surface area contributed by atoms with E-state index in [1.54, 1.807) is 0 Å².